The van der Waals surface area contributed by atoms with Crippen LogP contribution in [0, 0.1) is 25.2 Å². The Morgan fingerprint density at radius 3 is 2.57 bits per heavy atom. The number of carbonyl (C=O) groups excluding carboxylic acids is 4. The maximum absolute atomic E-state index is 14.9. The lowest BCUT2D eigenvalue weighted by molar-refractivity contribution is -0.156. The second kappa shape index (κ2) is 18.9. The molecule has 1 aromatic carbocycles. The van der Waals surface area contributed by atoms with Gasteiger partial charge in [0.1, 0.15) is 17.2 Å². The normalized spacial score (nSPS) is 21.2. The molecule has 2 N–H and O–H groups in total. The van der Waals surface area contributed by atoms with Crippen LogP contribution in [0.2, 0.25) is 0 Å². The van der Waals surface area contributed by atoms with E-state index in [0.717, 1.165) is 56.1 Å². The third-order valence-electron chi connectivity index (χ3n) is 13.4. The molecule has 355 valence electrons. The van der Waals surface area contributed by atoms with Crippen LogP contribution in [0.5, 0.6) is 0 Å². The highest BCUT2D eigenvalue weighted by atomic mass is 32.1. The van der Waals surface area contributed by atoms with Gasteiger partial charge in [-0.1, -0.05) is 33.8 Å². The molecule has 0 spiro atoms. The SMILES string of the molecule is CCn1c(-c2cccnc2[C@H](C)OC)c2c3cc(ccc31)-c1csc(n1)C[C@]([Si])(NC(=O)[C@H](C(C)C)N(C)C(=O)N1CC(n3nc(C)cc3C)C1)C(=O)N1CCC[C@H](N1)C(=O)OCC(C)(C)C2. The van der Waals surface area contributed by atoms with Crippen molar-refractivity contribution in [2.45, 2.75) is 117 Å². The Balaban J connectivity index is 1.15. The number of cyclic esters (lactones) is 1. The van der Waals surface area contributed by atoms with Crippen molar-refractivity contribution in [3.8, 4) is 22.5 Å². The Morgan fingerprint density at radius 2 is 1.88 bits per heavy atom. The van der Waals surface area contributed by atoms with Gasteiger partial charge < -0.3 is 29.2 Å². The average Bonchev–Trinajstić information content (AvgIpc) is 3.97. The van der Waals surface area contributed by atoms with Crippen LogP contribution in [0.4, 0.5) is 4.79 Å². The lowest BCUT2D eigenvalue weighted by atomic mass is 9.84. The van der Waals surface area contributed by atoms with Crippen molar-refractivity contribution in [3.63, 3.8) is 0 Å². The van der Waals surface area contributed by atoms with Crippen molar-refractivity contribution in [1.82, 2.24) is 49.9 Å². The van der Waals surface area contributed by atoms with Gasteiger partial charge >= 0.3 is 12.0 Å². The van der Waals surface area contributed by atoms with Crippen LogP contribution in [0.25, 0.3) is 33.4 Å². The van der Waals surface area contributed by atoms with Crippen LogP contribution in [-0.4, -0.2) is 131 Å². The predicted octanol–water partition coefficient (Wildman–Crippen LogP) is 6.15. The van der Waals surface area contributed by atoms with Crippen molar-refractivity contribution >= 4 is 56.3 Å². The number of esters is 1. The molecular weight excluding hydrogens is 885 g/mol. The molecule has 5 aromatic rings. The lowest BCUT2D eigenvalue weighted by Crippen LogP contribution is -2.69. The largest absolute Gasteiger partial charge is 0.464 e. The van der Waals surface area contributed by atoms with E-state index in [4.69, 9.17) is 19.4 Å². The van der Waals surface area contributed by atoms with Crippen molar-refractivity contribution in [2.24, 2.45) is 11.3 Å². The molecule has 18 heteroatoms. The average molecular weight is 948 g/mol. The summed E-state index contributed by atoms with van der Waals surface area (Å²) < 4.78 is 16.2. The van der Waals surface area contributed by atoms with E-state index in [-0.39, 0.29) is 43.7 Å². The van der Waals surface area contributed by atoms with Crippen molar-refractivity contribution in [1.29, 1.82) is 0 Å². The first kappa shape index (κ1) is 48.0. The smallest absolute Gasteiger partial charge is 0.324 e. The molecule has 2 saturated heterocycles. The van der Waals surface area contributed by atoms with Gasteiger partial charge in [-0.15, -0.1) is 11.3 Å². The summed E-state index contributed by atoms with van der Waals surface area (Å²) in [6.07, 6.45) is 3.07. The Labute approximate surface area is 400 Å². The number of likely N-dealkylation sites (N-methyl/N-ethyl adjacent to an activating group) is 1. The van der Waals surface area contributed by atoms with E-state index in [0.29, 0.717) is 43.9 Å². The van der Waals surface area contributed by atoms with E-state index in [1.165, 1.54) is 21.2 Å². The summed E-state index contributed by atoms with van der Waals surface area (Å²) in [5.41, 5.74) is 11.2. The molecule has 4 aromatic heterocycles. The van der Waals surface area contributed by atoms with Crippen LogP contribution < -0.4 is 10.7 Å². The Bertz CT molecular complexity index is 2690. The van der Waals surface area contributed by atoms with Gasteiger partial charge in [0, 0.05) is 91.5 Å². The first-order valence-electron chi connectivity index (χ1n) is 23.3. The van der Waals surface area contributed by atoms with Gasteiger partial charge in [0.25, 0.3) is 5.91 Å². The number of amides is 4. The summed E-state index contributed by atoms with van der Waals surface area (Å²) in [6.45, 7) is 18.1. The number of likely N-dealkylation sites (tertiary alicyclic amines) is 1. The van der Waals surface area contributed by atoms with Crippen molar-refractivity contribution in [2.75, 3.05) is 40.4 Å². The Kier molecular flexibility index (Phi) is 13.6. The molecule has 3 aliphatic rings. The van der Waals surface area contributed by atoms with E-state index < -0.39 is 40.4 Å². The molecule has 7 heterocycles. The van der Waals surface area contributed by atoms with Crippen LogP contribution in [0.15, 0.2) is 48.0 Å². The number of urea groups is 1. The zero-order valence-corrected chi connectivity index (χ0v) is 42.1. The molecule has 2 fully saturated rings. The Morgan fingerprint density at radius 1 is 1.12 bits per heavy atom. The number of pyridine rings is 1. The number of aryl methyl sites for hydroxylation is 3. The quantitative estimate of drug-likeness (QED) is 0.129. The van der Waals surface area contributed by atoms with Gasteiger partial charge in [-0.2, -0.15) is 5.10 Å². The number of hydrogen-bond donors (Lipinski definition) is 2. The minimum atomic E-state index is -1.72. The van der Waals surface area contributed by atoms with Gasteiger partial charge in [-0.25, -0.2) is 15.2 Å². The zero-order chi connectivity index (χ0) is 48.1. The molecule has 3 aliphatic heterocycles. The minimum Gasteiger partial charge on any atom is -0.464 e. The highest BCUT2D eigenvalue weighted by molar-refractivity contribution is 7.10. The topological polar surface area (TPSA) is 169 Å². The maximum atomic E-state index is 14.9. The number of fused-ring (bicyclic) bond motifs is 6. The number of benzene rings is 1. The molecule has 4 amide bonds. The number of methoxy groups -OCH3 is 1. The van der Waals surface area contributed by atoms with Crippen LogP contribution in [-0.2, 0) is 43.2 Å². The second-order valence-electron chi connectivity index (χ2n) is 19.6. The maximum Gasteiger partial charge on any atom is 0.324 e. The third kappa shape index (κ3) is 9.41. The molecule has 8 rings (SSSR count). The molecule has 3 radical (unpaired) electrons. The third-order valence-corrected chi connectivity index (χ3v) is 14.8. The first-order chi connectivity index (χ1) is 31.8. The fourth-order valence-electron chi connectivity index (χ4n) is 9.94. The predicted molar refractivity (Wildman–Crippen MR) is 258 cm³/mol. The monoisotopic (exact) mass is 947 g/mol. The number of rotatable bonds is 9. The summed E-state index contributed by atoms with van der Waals surface area (Å²) in [5.74, 6) is -1.79. The minimum absolute atomic E-state index is 0.0230. The summed E-state index contributed by atoms with van der Waals surface area (Å²) >= 11 is 1.39. The number of hydrazine groups is 1. The van der Waals surface area contributed by atoms with Crippen molar-refractivity contribution < 1.29 is 28.7 Å². The molecule has 0 saturated carbocycles. The van der Waals surface area contributed by atoms with Gasteiger partial charge in [0.05, 0.1) is 56.8 Å². The first-order valence-corrected chi connectivity index (χ1v) is 24.6. The van der Waals surface area contributed by atoms with Gasteiger partial charge in [0.2, 0.25) is 5.91 Å². The van der Waals surface area contributed by atoms with Gasteiger partial charge in [-0.05, 0) is 88.8 Å². The molecule has 16 nitrogen and oxygen atoms in total. The molecule has 0 aliphatic carbocycles. The van der Waals surface area contributed by atoms with Gasteiger partial charge in [0.15, 0.2) is 0 Å². The fourth-order valence-corrected chi connectivity index (χ4v) is 11.4. The second-order valence-corrected chi connectivity index (χ2v) is 21.4. The number of carbonyl (C=O) groups is 4. The van der Waals surface area contributed by atoms with Gasteiger partial charge in [-0.3, -0.25) is 29.1 Å². The number of hydrogen-bond acceptors (Lipinski definition) is 11. The molecule has 67 heavy (non-hydrogen) atoms. The highest BCUT2D eigenvalue weighted by Gasteiger charge is 2.45. The van der Waals surface area contributed by atoms with E-state index in [1.807, 2.05) is 56.8 Å². The van der Waals surface area contributed by atoms with Crippen LogP contribution in [0.1, 0.15) is 94.2 Å². The summed E-state index contributed by atoms with van der Waals surface area (Å²) in [5, 5.41) is 10.9. The molecule has 6 bridgehead atoms. The Hall–Kier alpha value is -5.43. The number of nitrogens with one attached hydrogen (secondary N) is 2. The van der Waals surface area contributed by atoms with Crippen LogP contribution >= 0.6 is 11.3 Å². The molecule has 0 unspecified atom stereocenters. The zero-order valence-electron chi connectivity index (χ0n) is 40.3. The molecular formula is C49H63N10O6SSi. The summed E-state index contributed by atoms with van der Waals surface area (Å²) in [4.78, 5) is 70.6. The number of nitrogens with zero attached hydrogens (tertiary/aromatic N) is 8. The number of thiazole rings is 1. The van der Waals surface area contributed by atoms with Crippen LogP contribution in [0.3, 0.4) is 0 Å². The molecule has 4 atom stereocenters. The van der Waals surface area contributed by atoms with E-state index >= 15 is 0 Å². The number of ether oxygens (including phenoxy) is 2. The number of aromatic nitrogens is 5. The standard InChI is InChI=1S/C49H63N10O6SSi/c1-11-57-39-17-16-32-21-35(39)36(43(57)34-14-12-18-50-41(34)31(6)64-10)22-48(7,8)27-65-45(61)37-15-13-19-58(54-37)46(62)49(67,23-40-51-38(32)26-66-40)52-44(60)42(28(2)3)55(9)47(63)56-24-33(25-56)59-30(5)20-29(4)53-59/h12,14,16-18,20-21,26,28,31,33,37,42,54H,11,13,15,19,22-25,27H2,1-10H3,(H,52,60)/t31-,37-,42-,49+/m0/s1. The summed E-state index contributed by atoms with van der Waals surface area (Å²) in [6, 6.07) is 10.5. The van der Waals surface area contributed by atoms with E-state index in [1.54, 1.807) is 25.3 Å². The summed E-state index contributed by atoms with van der Waals surface area (Å²) in [7, 11) is 7.14. The van der Waals surface area contributed by atoms with E-state index in [2.05, 4.69) is 75.7 Å². The van der Waals surface area contributed by atoms with E-state index in [9.17, 15) is 19.2 Å². The fraction of sp³-hybridized carbons (Fsp3) is 0.531. The highest BCUT2D eigenvalue weighted by Crippen LogP contribution is 2.42. The lowest BCUT2D eigenvalue weighted by Gasteiger charge is -2.44. The van der Waals surface area contributed by atoms with Crippen molar-refractivity contribution in [3.05, 3.63) is 75.6 Å².